The average molecular weight is 304 g/mol. The van der Waals surface area contributed by atoms with Crippen LogP contribution in [0.25, 0.3) is 0 Å². The van der Waals surface area contributed by atoms with Crippen LogP contribution in [0.4, 0.5) is 20.2 Å². The molecule has 4 nitrogen and oxygen atoms in total. The summed E-state index contributed by atoms with van der Waals surface area (Å²) in [5.41, 5.74) is 1.28. The second-order valence-electron chi connectivity index (χ2n) is 4.69. The summed E-state index contributed by atoms with van der Waals surface area (Å²) in [5.74, 6) is -2.01. The number of amides is 1. The summed E-state index contributed by atoms with van der Waals surface area (Å²) < 4.78 is 26.0. The molecule has 0 fully saturated rings. The van der Waals surface area contributed by atoms with Gasteiger partial charge in [-0.2, -0.15) is 0 Å². The first kappa shape index (κ1) is 15.6. The SMILES string of the molecule is CC(=O)c1ccc(NCC(=O)Nc2cc(F)cc(F)c2)cc1. The number of benzene rings is 2. The van der Waals surface area contributed by atoms with Crippen molar-refractivity contribution in [1.82, 2.24) is 0 Å². The van der Waals surface area contributed by atoms with Crippen molar-refractivity contribution in [2.75, 3.05) is 17.2 Å². The van der Waals surface area contributed by atoms with Crippen LogP contribution < -0.4 is 10.6 Å². The highest BCUT2D eigenvalue weighted by atomic mass is 19.1. The van der Waals surface area contributed by atoms with Crippen molar-refractivity contribution in [3.05, 3.63) is 59.7 Å². The van der Waals surface area contributed by atoms with Gasteiger partial charge in [0.05, 0.1) is 6.54 Å². The summed E-state index contributed by atoms with van der Waals surface area (Å²) in [4.78, 5) is 22.8. The third-order valence-electron chi connectivity index (χ3n) is 2.89. The minimum atomic E-state index is -0.761. The molecule has 0 aromatic heterocycles. The van der Waals surface area contributed by atoms with E-state index in [1.807, 2.05) is 0 Å². The van der Waals surface area contributed by atoms with E-state index in [0.29, 0.717) is 11.3 Å². The quantitative estimate of drug-likeness (QED) is 0.834. The van der Waals surface area contributed by atoms with Gasteiger partial charge in [-0.15, -0.1) is 0 Å². The number of nitrogens with one attached hydrogen (secondary N) is 2. The maximum atomic E-state index is 13.0. The number of anilines is 2. The van der Waals surface area contributed by atoms with Crippen molar-refractivity contribution in [3.8, 4) is 0 Å². The van der Waals surface area contributed by atoms with E-state index >= 15 is 0 Å². The van der Waals surface area contributed by atoms with Crippen LogP contribution in [0, 0.1) is 11.6 Å². The molecule has 2 aromatic carbocycles. The molecule has 2 rings (SSSR count). The maximum Gasteiger partial charge on any atom is 0.243 e. The van der Waals surface area contributed by atoms with Gasteiger partial charge in [-0.25, -0.2) is 8.78 Å². The zero-order chi connectivity index (χ0) is 16.1. The Hall–Kier alpha value is -2.76. The van der Waals surface area contributed by atoms with Crippen LogP contribution in [0.2, 0.25) is 0 Å². The second-order valence-corrected chi connectivity index (χ2v) is 4.69. The van der Waals surface area contributed by atoms with Crippen molar-refractivity contribution >= 4 is 23.1 Å². The largest absolute Gasteiger partial charge is 0.376 e. The Morgan fingerprint density at radius 3 is 2.09 bits per heavy atom. The molecule has 0 saturated heterocycles. The van der Waals surface area contributed by atoms with Gasteiger partial charge in [0.2, 0.25) is 5.91 Å². The van der Waals surface area contributed by atoms with E-state index in [1.165, 1.54) is 6.92 Å². The van der Waals surface area contributed by atoms with Gasteiger partial charge in [0, 0.05) is 23.0 Å². The fourth-order valence-corrected chi connectivity index (χ4v) is 1.84. The van der Waals surface area contributed by atoms with Crippen LogP contribution in [0.5, 0.6) is 0 Å². The lowest BCUT2D eigenvalue weighted by Crippen LogP contribution is -2.21. The Labute approximate surface area is 126 Å². The van der Waals surface area contributed by atoms with Gasteiger partial charge in [0.1, 0.15) is 11.6 Å². The lowest BCUT2D eigenvalue weighted by atomic mass is 10.1. The molecule has 0 atom stereocenters. The summed E-state index contributed by atoms with van der Waals surface area (Å²) in [6.45, 7) is 1.39. The van der Waals surface area contributed by atoms with Crippen LogP contribution in [0.1, 0.15) is 17.3 Å². The first-order chi connectivity index (χ1) is 10.4. The first-order valence-electron chi connectivity index (χ1n) is 6.55. The fraction of sp³-hybridized carbons (Fsp3) is 0.125. The number of hydrogen-bond donors (Lipinski definition) is 2. The van der Waals surface area contributed by atoms with E-state index in [2.05, 4.69) is 10.6 Å². The smallest absolute Gasteiger partial charge is 0.243 e. The standard InChI is InChI=1S/C16H14F2N2O2/c1-10(21)11-2-4-14(5-3-11)19-9-16(22)20-15-7-12(17)6-13(18)8-15/h2-8,19H,9H2,1H3,(H,20,22). The van der Waals surface area contributed by atoms with Gasteiger partial charge in [0.15, 0.2) is 5.78 Å². The molecule has 0 bridgehead atoms. The minimum absolute atomic E-state index is 0.0441. The number of hydrogen-bond acceptors (Lipinski definition) is 3. The zero-order valence-corrected chi connectivity index (χ0v) is 11.8. The number of carbonyl (C=O) groups excluding carboxylic acids is 2. The molecule has 0 aliphatic carbocycles. The summed E-state index contributed by atoms with van der Waals surface area (Å²) in [7, 11) is 0. The number of halogens is 2. The average Bonchev–Trinajstić information content (AvgIpc) is 2.44. The van der Waals surface area contributed by atoms with Crippen molar-refractivity contribution in [2.45, 2.75) is 6.92 Å². The van der Waals surface area contributed by atoms with Crippen LogP contribution in [0.3, 0.4) is 0 Å². The third-order valence-corrected chi connectivity index (χ3v) is 2.89. The van der Waals surface area contributed by atoms with Crippen LogP contribution in [-0.2, 0) is 4.79 Å². The van der Waals surface area contributed by atoms with Crippen molar-refractivity contribution < 1.29 is 18.4 Å². The molecule has 1 amide bonds. The Morgan fingerprint density at radius 1 is 0.955 bits per heavy atom. The Bertz CT molecular complexity index is 680. The summed E-state index contributed by atoms with van der Waals surface area (Å²) in [6, 6.07) is 9.42. The molecule has 0 unspecified atom stereocenters. The van der Waals surface area contributed by atoms with E-state index in [1.54, 1.807) is 24.3 Å². The van der Waals surface area contributed by atoms with Crippen molar-refractivity contribution in [3.63, 3.8) is 0 Å². The van der Waals surface area contributed by atoms with Gasteiger partial charge in [-0.3, -0.25) is 9.59 Å². The number of carbonyl (C=O) groups is 2. The molecule has 0 spiro atoms. The fourth-order valence-electron chi connectivity index (χ4n) is 1.84. The minimum Gasteiger partial charge on any atom is -0.376 e. The van der Waals surface area contributed by atoms with Crippen LogP contribution in [0.15, 0.2) is 42.5 Å². The molecule has 0 aliphatic heterocycles. The summed E-state index contributed by atoms with van der Waals surface area (Å²) in [5, 5.41) is 5.24. The number of ketones is 1. The first-order valence-corrected chi connectivity index (χ1v) is 6.55. The molecular weight excluding hydrogens is 290 g/mol. The van der Waals surface area contributed by atoms with E-state index < -0.39 is 17.5 Å². The Morgan fingerprint density at radius 2 is 1.55 bits per heavy atom. The van der Waals surface area contributed by atoms with Gasteiger partial charge < -0.3 is 10.6 Å². The Kier molecular flexibility index (Phi) is 4.83. The number of rotatable bonds is 5. The van der Waals surface area contributed by atoms with E-state index in [9.17, 15) is 18.4 Å². The molecule has 22 heavy (non-hydrogen) atoms. The molecular formula is C16H14F2N2O2. The van der Waals surface area contributed by atoms with E-state index in [4.69, 9.17) is 0 Å². The molecule has 114 valence electrons. The summed E-state index contributed by atoms with van der Waals surface area (Å²) >= 11 is 0. The lowest BCUT2D eigenvalue weighted by molar-refractivity contribution is -0.114. The maximum absolute atomic E-state index is 13.0. The highest BCUT2D eigenvalue weighted by molar-refractivity contribution is 5.95. The topological polar surface area (TPSA) is 58.2 Å². The normalized spacial score (nSPS) is 10.1. The van der Waals surface area contributed by atoms with Crippen molar-refractivity contribution in [1.29, 1.82) is 0 Å². The highest BCUT2D eigenvalue weighted by Gasteiger charge is 2.06. The van der Waals surface area contributed by atoms with Crippen LogP contribution in [-0.4, -0.2) is 18.2 Å². The zero-order valence-electron chi connectivity index (χ0n) is 11.8. The third kappa shape index (κ3) is 4.37. The monoisotopic (exact) mass is 304 g/mol. The molecule has 0 radical (unpaired) electrons. The molecule has 0 aliphatic rings. The molecule has 0 saturated carbocycles. The molecule has 2 aromatic rings. The highest BCUT2D eigenvalue weighted by Crippen LogP contribution is 2.13. The van der Waals surface area contributed by atoms with Crippen LogP contribution >= 0.6 is 0 Å². The predicted octanol–water partition coefficient (Wildman–Crippen LogP) is 3.22. The summed E-state index contributed by atoms with van der Waals surface area (Å²) in [6.07, 6.45) is 0. The lowest BCUT2D eigenvalue weighted by Gasteiger charge is -2.08. The number of Topliss-reactive ketones (excluding diaryl/α,β-unsaturated/α-hetero) is 1. The van der Waals surface area contributed by atoms with E-state index in [0.717, 1.165) is 18.2 Å². The van der Waals surface area contributed by atoms with Gasteiger partial charge in [-0.05, 0) is 43.3 Å². The van der Waals surface area contributed by atoms with Crippen molar-refractivity contribution in [2.24, 2.45) is 0 Å². The van der Waals surface area contributed by atoms with Gasteiger partial charge >= 0.3 is 0 Å². The van der Waals surface area contributed by atoms with E-state index in [-0.39, 0.29) is 18.0 Å². The predicted molar refractivity (Wildman–Crippen MR) is 79.9 cm³/mol. The van der Waals surface area contributed by atoms with Gasteiger partial charge in [0.25, 0.3) is 0 Å². The molecule has 6 heteroatoms. The second kappa shape index (κ2) is 6.80. The molecule has 2 N–H and O–H groups in total. The Balaban J connectivity index is 1.91. The van der Waals surface area contributed by atoms with Gasteiger partial charge in [-0.1, -0.05) is 0 Å². The molecule has 0 heterocycles.